The van der Waals surface area contributed by atoms with Crippen LogP contribution in [0, 0.1) is 5.92 Å². The maximum Gasteiger partial charge on any atom is 0.311 e. The van der Waals surface area contributed by atoms with E-state index >= 15 is 0 Å². The zero-order chi connectivity index (χ0) is 8.97. The first kappa shape index (κ1) is 9.86. The Labute approximate surface area is 76.5 Å². The van der Waals surface area contributed by atoms with Crippen LogP contribution in [0.2, 0.25) is 0 Å². The predicted molar refractivity (Wildman–Crippen MR) is 48.1 cm³/mol. The summed E-state index contributed by atoms with van der Waals surface area (Å²) in [4.78, 5) is 11.1. The molecule has 1 aliphatic heterocycles. The molecule has 1 fully saturated rings. The van der Waals surface area contributed by atoms with Gasteiger partial charge in [0, 0.05) is 0 Å². The van der Waals surface area contributed by atoms with Crippen molar-refractivity contribution in [3.63, 3.8) is 0 Å². The second kappa shape index (κ2) is 4.72. The van der Waals surface area contributed by atoms with Gasteiger partial charge in [0.15, 0.2) is 0 Å². The summed E-state index contributed by atoms with van der Waals surface area (Å²) in [7, 11) is 1.37. The summed E-state index contributed by atoms with van der Waals surface area (Å²) >= 11 is 1.78. The summed E-state index contributed by atoms with van der Waals surface area (Å²) in [5.41, 5.74) is 0. The zero-order valence-corrected chi connectivity index (χ0v) is 7.97. The summed E-state index contributed by atoms with van der Waals surface area (Å²) in [6, 6.07) is 0. The molecule has 1 saturated heterocycles. The maximum atomic E-state index is 11.1. The number of thioether (sulfide) groups is 1. The molecule has 0 unspecified atom stereocenters. The molecule has 0 aliphatic carbocycles. The van der Waals surface area contributed by atoms with Gasteiger partial charge < -0.3 is 9.84 Å². The number of hydrogen-bond acceptors (Lipinski definition) is 4. The van der Waals surface area contributed by atoms with Crippen molar-refractivity contribution < 1.29 is 14.6 Å². The summed E-state index contributed by atoms with van der Waals surface area (Å²) in [5.74, 6) is 1.31. The topological polar surface area (TPSA) is 46.5 Å². The SMILES string of the molecule is COC(=O)[C@H]1CCSCC[C@H]1O. The first-order valence-corrected chi connectivity index (χ1v) is 5.25. The van der Waals surface area contributed by atoms with Crippen molar-refractivity contribution in [1.29, 1.82) is 0 Å². The molecule has 0 spiro atoms. The van der Waals surface area contributed by atoms with E-state index < -0.39 is 6.10 Å². The van der Waals surface area contributed by atoms with Gasteiger partial charge in [-0.05, 0) is 24.3 Å². The molecule has 4 heteroatoms. The molecule has 0 bridgehead atoms. The maximum absolute atomic E-state index is 11.1. The molecule has 1 heterocycles. The van der Waals surface area contributed by atoms with Crippen LogP contribution in [0.4, 0.5) is 0 Å². The van der Waals surface area contributed by atoms with Crippen molar-refractivity contribution in [1.82, 2.24) is 0 Å². The van der Waals surface area contributed by atoms with Gasteiger partial charge in [0.25, 0.3) is 0 Å². The van der Waals surface area contributed by atoms with Crippen molar-refractivity contribution in [2.24, 2.45) is 5.92 Å². The number of methoxy groups -OCH3 is 1. The molecule has 3 nitrogen and oxygen atoms in total. The van der Waals surface area contributed by atoms with Gasteiger partial charge in [0.1, 0.15) is 0 Å². The number of aliphatic hydroxyl groups is 1. The predicted octanol–water partition coefficient (Wildman–Crippen LogP) is 0.663. The van der Waals surface area contributed by atoms with Crippen LogP contribution >= 0.6 is 11.8 Å². The van der Waals surface area contributed by atoms with Crippen LogP contribution in [0.25, 0.3) is 0 Å². The second-order valence-corrected chi connectivity index (χ2v) is 4.11. The smallest absolute Gasteiger partial charge is 0.311 e. The van der Waals surface area contributed by atoms with Crippen molar-refractivity contribution in [3.8, 4) is 0 Å². The summed E-state index contributed by atoms with van der Waals surface area (Å²) in [6.07, 6.45) is 0.926. The molecule has 70 valence electrons. The lowest BCUT2D eigenvalue weighted by Crippen LogP contribution is -2.28. The monoisotopic (exact) mass is 190 g/mol. The standard InChI is InChI=1S/C8H14O3S/c1-11-8(10)6-2-4-12-5-3-7(6)9/h6-7,9H,2-5H2,1H3/t6-,7+/m0/s1. The minimum absolute atomic E-state index is 0.273. The van der Waals surface area contributed by atoms with Gasteiger partial charge in [0.05, 0.1) is 19.1 Å². The van der Waals surface area contributed by atoms with Gasteiger partial charge in [-0.1, -0.05) is 0 Å². The van der Waals surface area contributed by atoms with Crippen LogP contribution in [-0.4, -0.2) is 35.8 Å². The Bertz CT molecular complexity index is 160. The fourth-order valence-corrected chi connectivity index (χ4v) is 2.37. The molecular formula is C8H14O3S. The van der Waals surface area contributed by atoms with E-state index in [9.17, 15) is 9.90 Å². The Hall–Kier alpha value is -0.220. The first-order valence-electron chi connectivity index (χ1n) is 4.09. The first-order chi connectivity index (χ1) is 5.75. The third kappa shape index (κ3) is 2.38. The molecule has 0 saturated carbocycles. The highest BCUT2D eigenvalue weighted by Crippen LogP contribution is 2.23. The van der Waals surface area contributed by atoms with Gasteiger partial charge >= 0.3 is 5.97 Å². The summed E-state index contributed by atoms with van der Waals surface area (Å²) < 4.78 is 4.61. The number of ether oxygens (including phenoxy) is 1. The number of esters is 1. The minimum Gasteiger partial charge on any atom is -0.469 e. The fraction of sp³-hybridized carbons (Fsp3) is 0.875. The fourth-order valence-electron chi connectivity index (χ4n) is 1.34. The second-order valence-electron chi connectivity index (χ2n) is 2.89. The van der Waals surface area contributed by atoms with E-state index in [1.807, 2.05) is 0 Å². The van der Waals surface area contributed by atoms with Crippen LogP contribution < -0.4 is 0 Å². The molecule has 1 aliphatic rings. The Kier molecular flexibility index (Phi) is 3.88. The molecule has 0 amide bonds. The minimum atomic E-state index is -0.507. The number of hydrogen-bond donors (Lipinski definition) is 1. The van der Waals surface area contributed by atoms with Crippen molar-refractivity contribution >= 4 is 17.7 Å². The van der Waals surface area contributed by atoms with Gasteiger partial charge in [0.2, 0.25) is 0 Å². The quantitative estimate of drug-likeness (QED) is 0.617. The molecule has 1 N–H and O–H groups in total. The molecule has 12 heavy (non-hydrogen) atoms. The van der Waals surface area contributed by atoms with Crippen LogP contribution in [0.1, 0.15) is 12.8 Å². The Morgan fingerprint density at radius 1 is 1.50 bits per heavy atom. The highest BCUT2D eigenvalue weighted by atomic mass is 32.2. The molecular weight excluding hydrogens is 176 g/mol. The highest BCUT2D eigenvalue weighted by molar-refractivity contribution is 7.99. The van der Waals surface area contributed by atoms with Crippen LogP contribution in [0.15, 0.2) is 0 Å². The Morgan fingerprint density at radius 3 is 2.83 bits per heavy atom. The van der Waals surface area contributed by atoms with Gasteiger partial charge in [-0.25, -0.2) is 0 Å². The Morgan fingerprint density at radius 2 is 2.17 bits per heavy atom. The van der Waals surface area contributed by atoms with E-state index in [2.05, 4.69) is 4.74 Å². The van der Waals surface area contributed by atoms with Crippen molar-refractivity contribution in [2.75, 3.05) is 18.6 Å². The number of rotatable bonds is 1. The Balaban J connectivity index is 2.52. The van der Waals surface area contributed by atoms with E-state index in [1.54, 1.807) is 11.8 Å². The van der Waals surface area contributed by atoms with Crippen molar-refractivity contribution in [2.45, 2.75) is 18.9 Å². The van der Waals surface area contributed by atoms with Crippen LogP contribution in [0.3, 0.4) is 0 Å². The number of aliphatic hydroxyl groups excluding tert-OH is 1. The third-order valence-corrected chi connectivity index (χ3v) is 3.15. The summed E-state index contributed by atoms with van der Waals surface area (Å²) in [5, 5.41) is 9.54. The zero-order valence-electron chi connectivity index (χ0n) is 7.16. The third-order valence-electron chi connectivity index (χ3n) is 2.10. The lowest BCUT2D eigenvalue weighted by Gasteiger charge is -2.16. The highest BCUT2D eigenvalue weighted by Gasteiger charge is 2.28. The van der Waals surface area contributed by atoms with E-state index in [0.29, 0.717) is 6.42 Å². The van der Waals surface area contributed by atoms with Crippen molar-refractivity contribution in [3.05, 3.63) is 0 Å². The molecule has 0 aromatic carbocycles. The van der Waals surface area contributed by atoms with Crippen LogP contribution in [0.5, 0.6) is 0 Å². The lowest BCUT2D eigenvalue weighted by atomic mass is 9.98. The molecule has 2 atom stereocenters. The molecule has 0 aromatic rings. The average Bonchev–Trinajstić information content (AvgIpc) is 2.28. The van der Waals surface area contributed by atoms with Crippen LogP contribution in [-0.2, 0) is 9.53 Å². The average molecular weight is 190 g/mol. The van der Waals surface area contributed by atoms with E-state index in [1.165, 1.54) is 7.11 Å². The van der Waals surface area contributed by atoms with Gasteiger partial charge in [-0.15, -0.1) is 0 Å². The van der Waals surface area contributed by atoms with Gasteiger partial charge in [-0.3, -0.25) is 4.79 Å². The van der Waals surface area contributed by atoms with E-state index in [4.69, 9.17) is 0 Å². The molecule has 0 radical (unpaired) electrons. The van der Waals surface area contributed by atoms with E-state index in [0.717, 1.165) is 17.9 Å². The number of carbonyl (C=O) groups excluding carboxylic acids is 1. The number of carbonyl (C=O) groups is 1. The molecule has 0 aromatic heterocycles. The summed E-state index contributed by atoms with van der Waals surface area (Å²) in [6.45, 7) is 0. The normalized spacial score (nSPS) is 30.8. The van der Waals surface area contributed by atoms with E-state index in [-0.39, 0.29) is 11.9 Å². The van der Waals surface area contributed by atoms with Gasteiger partial charge in [-0.2, -0.15) is 11.8 Å². The largest absolute Gasteiger partial charge is 0.469 e. The molecule has 1 rings (SSSR count). The lowest BCUT2D eigenvalue weighted by molar-refractivity contribution is -0.149.